The minimum absolute atomic E-state index is 0.0733. The maximum Gasteiger partial charge on any atom is 0.246 e. The Balaban J connectivity index is 1.67. The van der Waals surface area contributed by atoms with E-state index in [2.05, 4.69) is 34.4 Å². The molecule has 1 aromatic carbocycles. The van der Waals surface area contributed by atoms with E-state index < -0.39 is 0 Å². The summed E-state index contributed by atoms with van der Waals surface area (Å²) in [6.07, 6.45) is 10.2. The van der Waals surface area contributed by atoms with Crippen molar-refractivity contribution in [3.8, 4) is 0 Å². The third-order valence-corrected chi connectivity index (χ3v) is 6.24. The molecule has 0 bridgehead atoms. The van der Waals surface area contributed by atoms with Crippen molar-refractivity contribution >= 4 is 28.6 Å². The van der Waals surface area contributed by atoms with Crippen molar-refractivity contribution in [1.82, 2.24) is 24.3 Å². The Morgan fingerprint density at radius 3 is 2.88 bits per heavy atom. The molecule has 2 aromatic heterocycles. The predicted octanol–water partition coefficient (Wildman–Crippen LogP) is 4.49. The van der Waals surface area contributed by atoms with Gasteiger partial charge in [-0.1, -0.05) is 24.8 Å². The monoisotopic (exact) mass is 458 g/mol. The van der Waals surface area contributed by atoms with Crippen LogP contribution in [-0.2, 0) is 4.79 Å². The lowest BCUT2D eigenvalue weighted by atomic mass is 10.1. The number of nitrogens with zero attached hydrogens (tertiary/aromatic N) is 5. The van der Waals surface area contributed by atoms with Crippen molar-refractivity contribution < 1.29 is 4.79 Å². The van der Waals surface area contributed by atoms with Crippen LogP contribution in [0.3, 0.4) is 0 Å². The van der Waals surface area contributed by atoms with E-state index in [9.17, 15) is 4.79 Å². The maximum atomic E-state index is 13.0. The highest BCUT2D eigenvalue weighted by Crippen LogP contribution is 2.33. The topological polar surface area (TPSA) is 66.3 Å². The van der Waals surface area contributed by atoms with E-state index in [1.807, 2.05) is 54.2 Å². The smallest absolute Gasteiger partial charge is 0.246 e. The largest absolute Gasteiger partial charge is 0.337 e. The zero-order valence-corrected chi connectivity index (χ0v) is 20.4. The zero-order chi connectivity index (χ0) is 24.1. The molecule has 178 valence electrons. The van der Waals surface area contributed by atoms with Crippen molar-refractivity contribution in [2.24, 2.45) is 0 Å². The number of benzene rings is 1. The van der Waals surface area contributed by atoms with Crippen molar-refractivity contribution in [3.63, 3.8) is 0 Å². The molecule has 1 saturated heterocycles. The Hall–Kier alpha value is -3.45. The Kier molecular flexibility index (Phi) is 7.43. The number of fused-ring (bicyclic) bond motifs is 1. The second-order valence-electron chi connectivity index (χ2n) is 9.19. The summed E-state index contributed by atoms with van der Waals surface area (Å²) in [5.41, 5.74) is 4.87. The fourth-order valence-corrected chi connectivity index (χ4v) is 4.51. The Morgan fingerprint density at radius 2 is 2.12 bits per heavy atom. The molecular weight excluding hydrogens is 424 g/mol. The fraction of sp³-hybridized carbons (Fsp3) is 0.370. The Morgan fingerprint density at radius 1 is 1.26 bits per heavy atom. The van der Waals surface area contributed by atoms with Crippen LogP contribution < -0.4 is 5.32 Å². The molecule has 1 aliphatic heterocycles. The quantitative estimate of drug-likeness (QED) is 0.528. The predicted molar refractivity (Wildman–Crippen MR) is 139 cm³/mol. The first kappa shape index (κ1) is 23.7. The highest BCUT2D eigenvalue weighted by molar-refractivity contribution is 5.88. The van der Waals surface area contributed by atoms with Crippen LogP contribution in [0.5, 0.6) is 0 Å². The van der Waals surface area contributed by atoms with Gasteiger partial charge in [0.25, 0.3) is 0 Å². The number of para-hydroxylation sites is 1. The van der Waals surface area contributed by atoms with Gasteiger partial charge in [0.15, 0.2) is 0 Å². The van der Waals surface area contributed by atoms with E-state index >= 15 is 0 Å². The van der Waals surface area contributed by atoms with Crippen LogP contribution in [-0.4, -0.2) is 64.0 Å². The highest BCUT2D eigenvalue weighted by atomic mass is 16.2. The van der Waals surface area contributed by atoms with E-state index in [4.69, 9.17) is 4.98 Å². The number of hydrogen-bond donors (Lipinski definition) is 1. The van der Waals surface area contributed by atoms with E-state index in [0.29, 0.717) is 6.54 Å². The van der Waals surface area contributed by atoms with Gasteiger partial charge < -0.3 is 19.7 Å². The third-order valence-electron chi connectivity index (χ3n) is 6.24. The summed E-state index contributed by atoms with van der Waals surface area (Å²) < 4.78 is 2.28. The van der Waals surface area contributed by atoms with Gasteiger partial charge in [0.05, 0.1) is 17.1 Å². The average molecular weight is 459 g/mol. The number of likely N-dealkylation sites (tertiary alicyclic amines) is 1. The second kappa shape index (κ2) is 10.7. The minimum Gasteiger partial charge on any atom is -0.337 e. The molecule has 1 fully saturated rings. The normalized spacial score (nSPS) is 16.8. The summed E-state index contributed by atoms with van der Waals surface area (Å²) in [6, 6.07) is 10.2. The van der Waals surface area contributed by atoms with E-state index in [-0.39, 0.29) is 11.9 Å². The van der Waals surface area contributed by atoms with Gasteiger partial charge in [0.1, 0.15) is 0 Å². The van der Waals surface area contributed by atoms with E-state index in [0.717, 1.165) is 66.2 Å². The number of imidazole rings is 1. The SMILES string of the molecule is C=C(Nc1nc2cccc(C)c2n1C1CCCCN(C(=O)/C=C/CN(C)C)C1)c1cccnc1. The zero-order valence-electron chi connectivity index (χ0n) is 20.4. The van der Waals surface area contributed by atoms with E-state index in [1.165, 1.54) is 0 Å². The first-order chi connectivity index (χ1) is 16.4. The second-order valence-corrected chi connectivity index (χ2v) is 9.19. The molecule has 1 atom stereocenters. The lowest BCUT2D eigenvalue weighted by Crippen LogP contribution is -2.34. The number of amides is 1. The summed E-state index contributed by atoms with van der Waals surface area (Å²) in [4.78, 5) is 26.2. The molecule has 7 heteroatoms. The number of rotatable bonds is 7. The van der Waals surface area contributed by atoms with Gasteiger partial charge in [-0.3, -0.25) is 9.78 Å². The lowest BCUT2D eigenvalue weighted by Gasteiger charge is -2.27. The number of hydrogen-bond acceptors (Lipinski definition) is 5. The number of aromatic nitrogens is 3. The summed E-state index contributed by atoms with van der Waals surface area (Å²) in [5, 5.41) is 3.45. The van der Waals surface area contributed by atoms with Crippen LogP contribution in [0.4, 0.5) is 5.95 Å². The molecule has 0 radical (unpaired) electrons. The van der Waals surface area contributed by atoms with Crippen molar-refractivity contribution in [2.45, 2.75) is 32.2 Å². The molecule has 7 nitrogen and oxygen atoms in total. The number of aryl methyl sites for hydroxylation is 1. The summed E-state index contributed by atoms with van der Waals surface area (Å²) >= 11 is 0. The number of anilines is 1. The van der Waals surface area contributed by atoms with Crippen LogP contribution in [0.25, 0.3) is 16.7 Å². The first-order valence-electron chi connectivity index (χ1n) is 11.9. The number of likely N-dealkylation sites (N-methyl/N-ethyl adjacent to an activating group) is 1. The number of carbonyl (C=O) groups is 1. The van der Waals surface area contributed by atoms with Gasteiger partial charge in [0.2, 0.25) is 11.9 Å². The third kappa shape index (κ3) is 5.37. The molecule has 34 heavy (non-hydrogen) atoms. The summed E-state index contributed by atoms with van der Waals surface area (Å²) in [6.45, 7) is 8.52. The molecule has 1 aliphatic rings. The van der Waals surface area contributed by atoms with Crippen LogP contribution in [0.15, 0.2) is 61.5 Å². The van der Waals surface area contributed by atoms with Gasteiger partial charge >= 0.3 is 0 Å². The van der Waals surface area contributed by atoms with Crippen molar-refractivity contribution in [3.05, 3.63) is 72.6 Å². The number of nitrogens with one attached hydrogen (secondary N) is 1. The van der Waals surface area contributed by atoms with Crippen LogP contribution in [0, 0.1) is 6.92 Å². The molecule has 1 amide bonds. The van der Waals surface area contributed by atoms with Crippen LogP contribution >= 0.6 is 0 Å². The van der Waals surface area contributed by atoms with Crippen LogP contribution in [0.1, 0.15) is 36.4 Å². The van der Waals surface area contributed by atoms with Gasteiger partial charge in [-0.25, -0.2) is 4.98 Å². The van der Waals surface area contributed by atoms with Gasteiger partial charge in [-0.2, -0.15) is 0 Å². The molecule has 1 unspecified atom stereocenters. The Bertz CT molecular complexity index is 1180. The standard InChI is InChI=1S/C27H34N6O/c1-20-10-7-13-24-26(20)33(27(30-24)29-21(2)22-11-8-15-28-18-22)23-12-5-6-17-32(19-23)25(34)14-9-16-31(3)4/h7-11,13-15,18,23H,2,5-6,12,16-17,19H2,1,3-4H3,(H,29,30)/b14-9+. The summed E-state index contributed by atoms with van der Waals surface area (Å²) in [5.74, 6) is 0.824. The lowest BCUT2D eigenvalue weighted by molar-refractivity contribution is -0.126. The fourth-order valence-electron chi connectivity index (χ4n) is 4.51. The maximum absolute atomic E-state index is 13.0. The molecule has 0 saturated carbocycles. The molecule has 1 N–H and O–H groups in total. The first-order valence-corrected chi connectivity index (χ1v) is 11.9. The van der Waals surface area contributed by atoms with Gasteiger partial charge in [-0.15, -0.1) is 0 Å². The Labute approximate surface area is 201 Å². The molecule has 4 rings (SSSR count). The molecule has 0 aliphatic carbocycles. The average Bonchev–Trinajstić information content (AvgIpc) is 3.01. The molecule has 0 spiro atoms. The highest BCUT2D eigenvalue weighted by Gasteiger charge is 2.26. The number of carbonyl (C=O) groups excluding carboxylic acids is 1. The molecule has 3 aromatic rings. The van der Waals surface area contributed by atoms with E-state index in [1.54, 1.807) is 18.5 Å². The summed E-state index contributed by atoms with van der Waals surface area (Å²) in [7, 11) is 3.99. The van der Waals surface area contributed by atoms with Crippen molar-refractivity contribution in [2.75, 3.05) is 39.0 Å². The van der Waals surface area contributed by atoms with Gasteiger partial charge in [0, 0.05) is 49.4 Å². The van der Waals surface area contributed by atoms with Gasteiger partial charge in [-0.05, 0) is 64.0 Å². The number of pyridine rings is 1. The molecule has 3 heterocycles. The van der Waals surface area contributed by atoms with Crippen LogP contribution in [0.2, 0.25) is 0 Å². The minimum atomic E-state index is 0.0733. The van der Waals surface area contributed by atoms with Crippen molar-refractivity contribution in [1.29, 1.82) is 0 Å². The molecular formula is C27H34N6O.